The lowest BCUT2D eigenvalue weighted by Crippen LogP contribution is -2.29. The van der Waals surface area contributed by atoms with Crippen molar-refractivity contribution in [1.82, 2.24) is 0 Å². The lowest BCUT2D eigenvalue weighted by molar-refractivity contribution is 0.0492. The Balaban J connectivity index is 1.83. The number of rotatable bonds is 2. The van der Waals surface area contributed by atoms with Gasteiger partial charge in [0.15, 0.2) is 0 Å². The van der Waals surface area contributed by atoms with Crippen LogP contribution in [0.3, 0.4) is 0 Å². The maximum Gasteiger partial charge on any atom is 0.0584 e. The summed E-state index contributed by atoms with van der Waals surface area (Å²) in [6.07, 6.45) is 8.98. The fourth-order valence-electron chi connectivity index (χ4n) is 3.30. The number of nitrogens with zero attached hydrogens (tertiary/aromatic N) is 1. The fourth-order valence-corrected chi connectivity index (χ4v) is 3.30. The summed E-state index contributed by atoms with van der Waals surface area (Å²) in [5.41, 5.74) is 4.34. The lowest BCUT2D eigenvalue weighted by Gasteiger charge is -2.30. The van der Waals surface area contributed by atoms with Gasteiger partial charge in [0.1, 0.15) is 0 Å². The number of ether oxygens (including phenoxy) is 1. The van der Waals surface area contributed by atoms with E-state index < -0.39 is 0 Å². The topological polar surface area (TPSA) is 12.5 Å². The molecular formula is C18H25NO. The van der Waals surface area contributed by atoms with Gasteiger partial charge < -0.3 is 9.64 Å². The number of benzene rings is 1. The minimum absolute atomic E-state index is 0.372. The van der Waals surface area contributed by atoms with Crippen LogP contribution in [0.2, 0.25) is 0 Å². The normalized spacial score (nSPS) is 25.9. The first-order chi connectivity index (χ1) is 9.83. The predicted octanol–water partition coefficient (Wildman–Crippen LogP) is 4.26. The first-order valence-electron chi connectivity index (χ1n) is 7.98. The molecule has 0 saturated carbocycles. The molecule has 1 aromatic rings. The van der Waals surface area contributed by atoms with E-state index in [-0.39, 0.29) is 0 Å². The van der Waals surface area contributed by atoms with Gasteiger partial charge in [-0.2, -0.15) is 0 Å². The molecule has 0 aliphatic carbocycles. The Bertz CT molecular complexity index is 474. The van der Waals surface area contributed by atoms with E-state index in [0.29, 0.717) is 6.10 Å². The smallest absolute Gasteiger partial charge is 0.0584 e. The second-order valence-corrected chi connectivity index (χ2v) is 6.04. The van der Waals surface area contributed by atoms with Gasteiger partial charge in [-0.15, -0.1) is 0 Å². The van der Waals surface area contributed by atoms with Crippen molar-refractivity contribution in [2.24, 2.45) is 0 Å². The van der Waals surface area contributed by atoms with Crippen molar-refractivity contribution >= 4 is 11.8 Å². The monoisotopic (exact) mass is 271 g/mol. The zero-order valence-corrected chi connectivity index (χ0v) is 12.5. The van der Waals surface area contributed by atoms with Crippen LogP contribution in [-0.4, -0.2) is 25.8 Å². The summed E-state index contributed by atoms with van der Waals surface area (Å²) in [4.78, 5) is 2.55. The van der Waals surface area contributed by atoms with Gasteiger partial charge in [-0.25, -0.2) is 0 Å². The lowest BCUT2D eigenvalue weighted by atomic mass is 9.99. The molecule has 0 aromatic heterocycles. The summed E-state index contributed by atoms with van der Waals surface area (Å²) < 4.78 is 5.64. The number of hydrogen-bond donors (Lipinski definition) is 0. The Morgan fingerprint density at radius 2 is 1.95 bits per heavy atom. The highest BCUT2D eigenvalue weighted by Gasteiger charge is 2.16. The summed E-state index contributed by atoms with van der Waals surface area (Å²) in [6, 6.07) is 8.86. The number of para-hydroxylation sites is 1. The Labute approximate surface area is 122 Å². The molecule has 0 amide bonds. The van der Waals surface area contributed by atoms with E-state index in [1.165, 1.54) is 49.2 Å². The van der Waals surface area contributed by atoms with Crippen LogP contribution in [0, 0.1) is 0 Å². The number of anilines is 1. The molecule has 2 nitrogen and oxygen atoms in total. The van der Waals surface area contributed by atoms with Crippen LogP contribution >= 0.6 is 0 Å². The second kappa shape index (κ2) is 6.45. The van der Waals surface area contributed by atoms with E-state index in [0.717, 1.165) is 19.4 Å². The van der Waals surface area contributed by atoms with Gasteiger partial charge in [0, 0.05) is 18.8 Å². The molecule has 2 aliphatic heterocycles. The van der Waals surface area contributed by atoms with Crippen LogP contribution in [0.5, 0.6) is 0 Å². The summed E-state index contributed by atoms with van der Waals surface area (Å²) in [5, 5.41) is 0. The molecule has 2 saturated heterocycles. The molecular weight excluding hydrogens is 246 g/mol. The highest BCUT2D eigenvalue weighted by Crippen LogP contribution is 2.28. The third-order valence-corrected chi connectivity index (χ3v) is 4.37. The Kier molecular flexibility index (Phi) is 4.41. The molecule has 0 spiro atoms. The summed E-state index contributed by atoms with van der Waals surface area (Å²) in [7, 11) is 0. The first kappa shape index (κ1) is 13.7. The molecule has 0 N–H and O–H groups in total. The highest BCUT2D eigenvalue weighted by atomic mass is 16.5. The van der Waals surface area contributed by atoms with Crippen molar-refractivity contribution in [3.05, 3.63) is 35.4 Å². The predicted molar refractivity (Wildman–Crippen MR) is 85.1 cm³/mol. The van der Waals surface area contributed by atoms with Crippen molar-refractivity contribution in [2.75, 3.05) is 24.6 Å². The molecule has 1 atom stereocenters. The molecule has 2 heteroatoms. The maximum absolute atomic E-state index is 5.64. The third-order valence-electron chi connectivity index (χ3n) is 4.37. The fraction of sp³-hybridized carbons (Fsp3) is 0.556. The third kappa shape index (κ3) is 3.24. The molecule has 20 heavy (non-hydrogen) atoms. The summed E-state index contributed by atoms with van der Waals surface area (Å²) >= 11 is 0. The van der Waals surface area contributed by atoms with Gasteiger partial charge in [-0.3, -0.25) is 0 Å². The first-order valence-corrected chi connectivity index (χ1v) is 7.98. The Hall–Kier alpha value is -1.28. The van der Waals surface area contributed by atoms with Gasteiger partial charge in [0.05, 0.1) is 12.7 Å². The minimum atomic E-state index is 0.372. The quantitative estimate of drug-likeness (QED) is 0.797. The van der Waals surface area contributed by atoms with E-state index in [4.69, 9.17) is 4.74 Å². The van der Waals surface area contributed by atoms with Crippen LogP contribution in [0.1, 0.15) is 44.6 Å². The second-order valence-electron chi connectivity index (χ2n) is 6.04. The van der Waals surface area contributed by atoms with Crippen LogP contribution in [0.15, 0.2) is 29.8 Å². The average Bonchev–Trinajstić information content (AvgIpc) is 2.49. The molecule has 2 heterocycles. The Morgan fingerprint density at radius 1 is 1.15 bits per heavy atom. The van der Waals surface area contributed by atoms with Crippen molar-refractivity contribution in [3.8, 4) is 0 Å². The SMILES string of the molecule is CC1C/C(=C\c2ccccc2N2CCCCC2)CCO1. The molecule has 0 bridgehead atoms. The molecule has 108 valence electrons. The van der Waals surface area contributed by atoms with E-state index in [2.05, 4.69) is 42.2 Å². The van der Waals surface area contributed by atoms with Crippen molar-refractivity contribution < 1.29 is 4.74 Å². The number of hydrogen-bond acceptors (Lipinski definition) is 2. The van der Waals surface area contributed by atoms with Gasteiger partial charge in [-0.05, 0) is 50.7 Å². The van der Waals surface area contributed by atoms with Crippen LogP contribution < -0.4 is 4.90 Å². The summed E-state index contributed by atoms with van der Waals surface area (Å²) in [6.45, 7) is 5.46. The standard InChI is InChI=1S/C18H25NO/c1-15-13-16(9-12-20-15)14-17-7-3-4-8-18(17)19-10-5-2-6-11-19/h3-4,7-8,14-15H,2,5-6,9-13H2,1H3/b16-14-. The zero-order valence-electron chi connectivity index (χ0n) is 12.5. The average molecular weight is 271 g/mol. The van der Waals surface area contributed by atoms with Gasteiger partial charge in [-0.1, -0.05) is 29.8 Å². The van der Waals surface area contributed by atoms with Crippen LogP contribution in [0.25, 0.3) is 6.08 Å². The molecule has 2 aliphatic rings. The number of piperidine rings is 1. The van der Waals surface area contributed by atoms with Crippen molar-refractivity contribution in [2.45, 2.75) is 45.1 Å². The Morgan fingerprint density at radius 3 is 2.75 bits per heavy atom. The van der Waals surface area contributed by atoms with Crippen molar-refractivity contribution in [1.29, 1.82) is 0 Å². The van der Waals surface area contributed by atoms with E-state index in [1.807, 2.05) is 0 Å². The molecule has 0 radical (unpaired) electrons. The molecule has 1 unspecified atom stereocenters. The minimum Gasteiger partial charge on any atom is -0.378 e. The summed E-state index contributed by atoms with van der Waals surface area (Å²) in [5.74, 6) is 0. The van der Waals surface area contributed by atoms with E-state index in [9.17, 15) is 0 Å². The molecule has 1 aromatic carbocycles. The van der Waals surface area contributed by atoms with Gasteiger partial charge >= 0.3 is 0 Å². The zero-order chi connectivity index (χ0) is 13.8. The van der Waals surface area contributed by atoms with E-state index >= 15 is 0 Å². The van der Waals surface area contributed by atoms with Crippen LogP contribution in [0.4, 0.5) is 5.69 Å². The largest absolute Gasteiger partial charge is 0.378 e. The van der Waals surface area contributed by atoms with E-state index in [1.54, 1.807) is 0 Å². The maximum atomic E-state index is 5.64. The molecule has 2 fully saturated rings. The van der Waals surface area contributed by atoms with Crippen LogP contribution in [-0.2, 0) is 4.74 Å². The van der Waals surface area contributed by atoms with Gasteiger partial charge in [0.2, 0.25) is 0 Å². The van der Waals surface area contributed by atoms with Gasteiger partial charge in [0.25, 0.3) is 0 Å². The highest BCUT2D eigenvalue weighted by molar-refractivity contribution is 5.69. The van der Waals surface area contributed by atoms with Crippen molar-refractivity contribution in [3.63, 3.8) is 0 Å². The molecule has 3 rings (SSSR count).